The Balaban J connectivity index is 2.49. The fourth-order valence-electron chi connectivity index (χ4n) is 1.16. The lowest BCUT2D eigenvalue weighted by Crippen LogP contribution is -2.28. The van der Waals surface area contributed by atoms with E-state index in [-0.39, 0.29) is 12.5 Å². The van der Waals surface area contributed by atoms with Gasteiger partial charge in [-0.2, -0.15) is 5.48 Å². The number of benzene rings is 1. The third-order valence-electron chi connectivity index (χ3n) is 1.86. The van der Waals surface area contributed by atoms with E-state index < -0.39 is 0 Å². The van der Waals surface area contributed by atoms with Crippen LogP contribution >= 0.6 is 0 Å². The molecule has 0 radical (unpaired) electrons. The maximum atomic E-state index is 11.4. The van der Waals surface area contributed by atoms with Crippen LogP contribution < -0.4 is 15.5 Å². The van der Waals surface area contributed by atoms with E-state index in [1.54, 1.807) is 19.2 Å². The monoisotopic (exact) mass is 224 g/mol. The molecule has 0 bridgehead atoms. The van der Waals surface area contributed by atoms with Crippen molar-refractivity contribution in [1.29, 1.82) is 0 Å². The van der Waals surface area contributed by atoms with Gasteiger partial charge in [-0.25, -0.2) is 0 Å². The lowest BCUT2D eigenvalue weighted by atomic mass is 10.3. The van der Waals surface area contributed by atoms with Gasteiger partial charge in [0.05, 0.1) is 19.4 Å². The van der Waals surface area contributed by atoms with Crippen molar-refractivity contribution in [2.24, 2.45) is 0 Å². The van der Waals surface area contributed by atoms with E-state index in [9.17, 15) is 4.79 Å². The van der Waals surface area contributed by atoms with Crippen LogP contribution in [0.2, 0.25) is 0 Å². The normalized spacial score (nSPS) is 9.88. The fraction of sp³-hybridized carbons (Fsp3) is 0.364. The third kappa shape index (κ3) is 3.88. The second kappa shape index (κ2) is 6.81. The summed E-state index contributed by atoms with van der Waals surface area (Å²) in [7, 11) is 1.56. The number of para-hydroxylation sites is 2. The highest BCUT2D eigenvalue weighted by Gasteiger charge is 2.05. The predicted octanol–water partition coefficient (Wildman–Crippen LogP) is 1.17. The molecule has 16 heavy (non-hydrogen) atoms. The van der Waals surface area contributed by atoms with Crippen LogP contribution in [-0.2, 0) is 9.63 Å². The summed E-state index contributed by atoms with van der Waals surface area (Å²) >= 11 is 0. The standard InChI is InChI=1S/C11H16N2O3/c1-3-16-12-8-11(14)13-9-6-4-5-7-10(9)15-2/h4-7,12H,3,8H2,1-2H3,(H,13,14). The molecule has 5 nitrogen and oxygen atoms in total. The smallest absolute Gasteiger partial charge is 0.240 e. The zero-order valence-corrected chi connectivity index (χ0v) is 9.45. The summed E-state index contributed by atoms with van der Waals surface area (Å²) in [5.74, 6) is 0.449. The van der Waals surface area contributed by atoms with E-state index in [1.165, 1.54) is 0 Å². The molecule has 0 heterocycles. The van der Waals surface area contributed by atoms with E-state index in [0.29, 0.717) is 18.0 Å². The quantitative estimate of drug-likeness (QED) is 0.562. The van der Waals surface area contributed by atoms with Gasteiger partial charge in [0.15, 0.2) is 0 Å². The van der Waals surface area contributed by atoms with Crippen LogP contribution in [0.25, 0.3) is 0 Å². The topological polar surface area (TPSA) is 59.6 Å². The third-order valence-corrected chi connectivity index (χ3v) is 1.86. The second-order valence-corrected chi connectivity index (χ2v) is 3.00. The highest BCUT2D eigenvalue weighted by molar-refractivity contribution is 5.93. The summed E-state index contributed by atoms with van der Waals surface area (Å²) in [5.41, 5.74) is 3.19. The molecule has 1 rings (SSSR count). The molecular formula is C11H16N2O3. The molecule has 88 valence electrons. The molecule has 0 aliphatic carbocycles. The molecule has 1 aromatic carbocycles. The van der Waals surface area contributed by atoms with Gasteiger partial charge >= 0.3 is 0 Å². The van der Waals surface area contributed by atoms with Gasteiger partial charge in [0.25, 0.3) is 0 Å². The molecular weight excluding hydrogens is 208 g/mol. The Morgan fingerprint density at radius 3 is 2.81 bits per heavy atom. The number of ether oxygens (including phenoxy) is 1. The highest BCUT2D eigenvalue weighted by atomic mass is 16.6. The van der Waals surface area contributed by atoms with Crippen molar-refractivity contribution in [3.05, 3.63) is 24.3 Å². The Kier molecular flexibility index (Phi) is 5.31. The average molecular weight is 224 g/mol. The van der Waals surface area contributed by atoms with Crippen LogP contribution in [-0.4, -0.2) is 26.2 Å². The number of carbonyl (C=O) groups excluding carboxylic acids is 1. The van der Waals surface area contributed by atoms with Gasteiger partial charge in [0, 0.05) is 0 Å². The van der Waals surface area contributed by atoms with Crippen molar-refractivity contribution in [2.75, 3.05) is 25.6 Å². The number of hydrogen-bond donors (Lipinski definition) is 2. The molecule has 1 aromatic rings. The first-order valence-electron chi connectivity index (χ1n) is 5.05. The van der Waals surface area contributed by atoms with E-state index >= 15 is 0 Å². The van der Waals surface area contributed by atoms with Gasteiger partial charge in [-0.1, -0.05) is 12.1 Å². The van der Waals surface area contributed by atoms with Gasteiger partial charge in [0.2, 0.25) is 5.91 Å². The minimum Gasteiger partial charge on any atom is -0.495 e. The van der Waals surface area contributed by atoms with E-state index in [1.807, 2.05) is 19.1 Å². The van der Waals surface area contributed by atoms with Crippen molar-refractivity contribution in [3.63, 3.8) is 0 Å². The van der Waals surface area contributed by atoms with Crippen molar-refractivity contribution < 1.29 is 14.4 Å². The molecule has 0 aliphatic heterocycles. The number of amides is 1. The van der Waals surface area contributed by atoms with Gasteiger partial charge in [-0.05, 0) is 19.1 Å². The van der Waals surface area contributed by atoms with Crippen molar-refractivity contribution in [1.82, 2.24) is 5.48 Å². The number of methoxy groups -OCH3 is 1. The van der Waals surface area contributed by atoms with Crippen LogP contribution in [0.15, 0.2) is 24.3 Å². The predicted molar refractivity (Wildman–Crippen MR) is 61.3 cm³/mol. The van der Waals surface area contributed by atoms with Crippen LogP contribution in [0, 0.1) is 0 Å². The fourth-order valence-corrected chi connectivity index (χ4v) is 1.16. The van der Waals surface area contributed by atoms with Gasteiger partial charge in [-0.15, -0.1) is 0 Å². The number of hydroxylamine groups is 1. The maximum Gasteiger partial charge on any atom is 0.240 e. The lowest BCUT2D eigenvalue weighted by Gasteiger charge is -2.09. The van der Waals surface area contributed by atoms with E-state index in [4.69, 9.17) is 9.57 Å². The van der Waals surface area contributed by atoms with Crippen LogP contribution in [0.1, 0.15) is 6.92 Å². The van der Waals surface area contributed by atoms with Crippen molar-refractivity contribution in [3.8, 4) is 5.75 Å². The summed E-state index contributed by atoms with van der Waals surface area (Å²) in [6, 6.07) is 7.23. The zero-order chi connectivity index (χ0) is 11.8. The minimum absolute atomic E-state index is 0.103. The SMILES string of the molecule is CCONCC(=O)Nc1ccccc1OC. The number of hydrogen-bond acceptors (Lipinski definition) is 4. The molecule has 1 amide bonds. The van der Waals surface area contributed by atoms with Crippen molar-refractivity contribution in [2.45, 2.75) is 6.92 Å². The number of carbonyl (C=O) groups is 1. The van der Waals surface area contributed by atoms with Gasteiger partial charge in [0.1, 0.15) is 12.3 Å². The largest absolute Gasteiger partial charge is 0.495 e. The number of nitrogens with one attached hydrogen (secondary N) is 2. The Morgan fingerprint density at radius 2 is 2.12 bits per heavy atom. The Morgan fingerprint density at radius 1 is 1.38 bits per heavy atom. The zero-order valence-electron chi connectivity index (χ0n) is 9.45. The molecule has 0 aromatic heterocycles. The lowest BCUT2D eigenvalue weighted by molar-refractivity contribution is -0.117. The molecule has 0 saturated heterocycles. The van der Waals surface area contributed by atoms with Crippen molar-refractivity contribution >= 4 is 11.6 Å². The summed E-state index contributed by atoms with van der Waals surface area (Å²) in [5, 5.41) is 2.71. The molecule has 0 atom stereocenters. The number of rotatable bonds is 6. The second-order valence-electron chi connectivity index (χ2n) is 3.00. The van der Waals surface area contributed by atoms with Gasteiger partial charge in [-0.3, -0.25) is 4.79 Å². The number of anilines is 1. The molecule has 0 saturated carbocycles. The Bertz CT molecular complexity index is 342. The van der Waals surface area contributed by atoms with Gasteiger partial charge < -0.3 is 14.9 Å². The summed E-state index contributed by atoms with van der Waals surface area (Å²) in [6.07, 6.45) is 0. The van der Waals surface area contributed by atoms with E-state index in [0.717, 1.165) is 0 Å². The Hall–Kier alpha value is -1.59. The minimum atomic E-state index is -0.182. The average Bonchev–Trinajstić information content (AvgIpc) is 2.30. The maximum absolute atomic E-state index is 11.4. The summed E-state index contributed by atoms with van der Waals surface area (Å²) in [6.45, 7) is 2.46. The highest BCUT2D eigenvalue weighted by Crippen LogP contribution is 2.22. The molecule has 0 fully saturated rings. The molecule has 0 aliphatic rings. The first-order chi connectivity index (χ1) is 7.77. The first kappa shape index (κ1) is 12.5. The van der Waals surface area contributed by atoms with Crippen LogP contribution in [0.4, 0.5) is 5.69 Å². The summed E-state index contributed by atoms with van der Waals surface area (Å²) in [4.78, 5) is 16.3. The first-order valence-corrected chi connectivity index (χ1v) is 5.05. The molecule has 2 N–H and O–H groups in total. The molecule has 0 unspecified atom stereocenters. The van der Waals surface area contributed by atoms with Crippen LogP contribution in [0.5, 0.6) is 5.75 Å². The molecule has 0 spiro atoms. The summed E-state index contributed by atoms with van der Waals surface area (Å²) < 4.78 is 5.11. The van der Waals surface area contributed by atoms with Crippen LogP contribution in [0.3, 0.4) is 0 Å². The Labute approximate surface area is 94.7 Å². The van der Waals surface area contributed by atoms with E-state index in [2.05, 4.69) is 10.8 Å². The molecule has 5 heteroatoms.